The van der Waals surface area contributed by atoms with E-state index in [9.17, 15) is 22.8 Å². The number of methoxy groups -OCH3 is 1. The molecular formula is C38H43N5O10S. The summed E-state index contributed by atoms with van der Waals surface area (Å²) in [4.78, 5) is 40.6. The molecule has 2 aliphatic rings. The lowest BCUT2D eigenvalue weighted by Crippen LogP contribution is -2.50. The predicted molar refractivity (Wildman–Crippen MR) is 202 cm³/mol. The van der Waals surface area contributed by atoms with Crippen molar-refractivity contribution in [2.75, 3.05) is 69.3 Å². The third-order valence-electron chi connectivity index (χ3n) is 9.03. The number of nitrogens with zero attached hydrogens (tertiary/aromatic N) is 4. The van der Waals surface area contributed by atoms with Crippen LogP contribution in [0.25, 0.3) is 21.9 Å². The first-order chi connectivity index (χ1) is 25.6. The maximum Gasteiger partial charge on any atom is 0.410 e. The highest BCUT2D eigenvalue weighted by Crippen LogP contribution is 2.29. The molecule has 7 rings (SSSR count). The lowest BCUT2D eigenvalue weighted by molar-refractivity contribution is 0.0240. The molecule has 0 saturated carbocycles. The van der Waals surface area contributed by atoms with E-state index in [2.05, 4.69) is 9.80 Å². The molecule has 0 radical (unpaired) electrons. The summed E-state index contributed by atoms with van der Waals surface area (Å²) >= 11 is 0. The van der Waals surface area contributed by atoms with E-state index < -0.39 is 27.5 Å². The van der Waals surface area contributed by atoms with Gasteiger partial charge in [0.25, 0.3) is 5.91 Å². The normalized spacial score (nSPS) is 15.5. The van der Waals surface area contributed by atoms with Gasteiger partial charge in [-0.25, -0.2) is 18.0 Å². The number of carbonyl (C=O) groups is 3. The number of ether oxygens (including phenoxy) is 2. The number of hydrogen-bond acceptors (Lipinski definition) is 11. The minimum atomic E-state index is -3.58. The van der Waals surface area contributed by atoms with Crippen molar-refractivity contribution in [2.24, 2.45) is 5.73 Å². The number of aromatic carboxylic acids is 1. The zero-order chi connectivity index (χ0) is 38.8. The number of carboxylic acid groups (broad SMARTS) is 1. The molecule has 3 aromatic carbocycles. The second-order valence-corrected chi connectivity index (χ2v) is 15.8. The monoisotopic (exact) mass is 761 g/mol. The minimum Gasteiger partial charge on any atom is -0.497 e. The maximum absolute atomic E-state index is 12.9. The van der Waals surface area contributed by atoms with E-state index in [1.54, 1.807) is 41.3 Å². The fourth-order valence-corrected chi connectivity index (χ4v) is 7.71. The maximum atomic E-state index is 12.9. The molecule has 286 valence electrons. The van der Waals surface area contributed by atoms with Gasteiger partial charge in [0.15, 0.2) is 5.76 Å². The topological polar surface area (TPSA) is 189 Å². The predicted octanol–water partition coefficient (Wildman–Crippen LogP) is 5.24. The number of rotatable bonds is 7. The first-order valence-electron chi connectivity index (χ1n) is 17.3. The number of furan rings is 2. The van der Waals surface area contributed by atoms with E-state index in [1.165, 1.54) is 23.5 Å². The second-order valence-electron chi connectivity index (χ2n) is 13.9. The van der Waals surface area contributed by atoms with E-state index in [0.717, 1.165) is 22.1 Å². The molecular weight excluding hydrogens is 719 g/mol. The van der Waals surface area contributed by atoms with Gasteiger partial charge < -0.3 is 43.8 Å². The fourth-order valence-electron chi connectivity index (χ4n) is 6.25. The molecule has 3 N–H and O–H groups in total. The molecule has 2 aliphatic heterocycles. The van der Waals surface area contributed by atoms with Crippen LogP contribution in [0.5, 0.6) is 5.75 Å². The van der Waals surface area contributed by atoms with Crippen LogP contribution in [0.2, 0.25) is 0 Å². The Bertz CT molecular complexity index is 2280. The van der Waals surface area contributed by atoms with Crippen molar-refractivity contribution in [3.63, 3.8) is 0 Å². The van der Waals surface area contributed by atoms with Crippen LogP contribution in [-0.2, 0) is 14.8 Å². The van der Waals surface area contributed by atoms with E-state index in [1.807, 2.05) is 45.0 Å². The molecule has 2 aromatic heterocycles. The zero-order valence-electron chi connectivity index (χ0n) is 30.5. The van der Waals surface area contributed by atoms with Crippen LogP contribution >= 0.6 is 0 Å². The number of piperazine rings is 2. The zero-order valence-corrected chi connectivity index (χ0v) is 31.3. The Morgan fingerprint density at radius 1 is 0.741 bits per heavy atom. The van der Waals surface area contributed by atoms with Gasteiger partial charge in [0, 0.05) is 80.6 Å². The SMILES string of the molecule is CC(C)(C)OC(=O)N1CCN(c2ccc3oc(C(=O)O)cc3c2)CC1.COc1cccc(S(=O)(=O)N2CCN(c3ccc4oc(C(N)=O)cc4c3)CC2)c1. The molecule has 0 spiro atoms. The molecule has 5 aromatic rings. The summed E-state index contributed by atoms with van der Waals surface area (Å²) in [6.07, 6.45) is -0.288. The highest BCUT2D eigenvalue weighted by atomic mass is 32.2. The molecule has 16 heteroatoms. The Labute approximate surface area is 312 Å². The number of fused-ring (bicyclic) bond motifs is 2. The van der Waals surface area contributed by atoms with E-state index in [4.69, 9.17) is 29.1 Å². The third-order valence-corrected chi connectivity index (χ3v) is 10.9. The van der Waals surface area contributed by atoms with Crippen LogP contribution in [0.3, 0.4) is 0 Å². The summed E-state index contributed by atoms with van der Waals surface area (Å²) in [5.74, 6) is -1.13. The number of amides is 2. The van der Waals surface area contributed by atoms with Crippen molar-refractivity contribution < 1.29 is 46.2 Å². The van der Waals surface area contributed by atoms with Gasteiger partial charge >= 0.3 is 12.1 Å². The Morgan fingerprint density at radius 2 is 1.28 bits per heavy atom. The molecule has 54 heavy (non-hydrogen) atoms. The van der Waals surface area contributed by atoms with E-state index in [0.29, 0.717) is 69.3 Å². The molecule has 15 nitrogen and oxygen atoms in total. The summed E-state index contributed by atoms with van der Waals surface area (Å²) in [6.45, 7) is 9.95. The average Bonchev–Trinajstić information content (AvgIpc) is 3.79. The van der Waals surface area contributed by atoms with Gasteiger partial charge in [-0.2, -0.15) is 4.31 Å². The molecule has 0 atom stereocenters. The van der Waals surface area contributed by atoms with Crippen molar-refractivity contribution in [3.05, 3.63) is 84.3 Å². The lowest BCUT2D eigenvalue weighted by atomic mass is 10.2. The molecule has 4 heterocycles. The highest BCUT2D eigenvalue weighted by molar-refractivity contribution is 7.89. The summed E-state index contributed by atoms with van der Waals surface area (Å²) in [7, 11) is -2.07. The average molecular weight is 762 g/mol. The molecule has 2 fully saturated rings. The molecule has 0 bridgehead atoms. The second kappa shape index (κ2) is 15.3. The molecule has 0 aliphatic carbocycles. The Kier molecular flexibility index (Phi) is 10.8. The van der Waals surface area contributed by atoms with Crippen LogP contribution in [0.15, 0.2) is 86.5 Å². The van der Waals surface area contributed by atoms with Gasteiger partial charge in [-0.15, -0.1) is 0 Å². The van der Waals surface area contributed by atoms with Crippen molar-refractivity contribution in [1.29, 1.82) is 0 Å². The minimum absolute atomic E-state index is 0.0677. The fraction of sp³-hybridized carbons (Fsp3) is 0.342. The van der Waals surface area contributed by atoms with Crippen molar-refractivity contribution in [3.8, 4) is 5.75 Å². The summed E-state index contributed by atoms with van der Waals surface area (Å²) in [5, 5.41) is 10.5. The smallest absolute Gasteiger partial charge is 0.410 e. The Morgan fingerprint density at radius 3 is 1.80 bits per heavy atom. The van der Waals surface area contributed by atoms with Crippen LogP contribution in [0, 0.1) is 0 Å². The summed E-state index contributed by atoms with van der Waals surface area (Å²) < 4.78 is 48.6. The molecule has 0 unspecified atom stereocenters. The first-order valence-corrected chi connectivity index (χ1v) is 18.8. The van der Waals surface area contributed by atoms with Crippen LogP contribution in [0.4, 0.5) is 16.2 Å². The number of nitrogens with two attached hydrogens (primary N) is 1. The van der Waals surface area contributed by atoms with Crippen LogP contribution < -0.4 is 20.3 Å². The Balaban J connectivity index is 0.000000186. The van der Waals surface area contributed by atoms with Crippen LogP contribution in [0.1, 0.15) is 41.9 Å². The standard InChI is InChI=1S/C20H21N3O5S.C18H22N2O5/c1-27-16-3-2-4-17(13-16)29(25,26)23-9-7-22(8-10-23)15-5-6-18-14(11-15)12-19(28-18)20(21)24;1-18(2,3)25-17(23)20-8-6-19(7-9-20)13-4-5-14-12(10-13)11-15(24-14)16(21)22/h2-6,11-13H,7-10H2,1H3,(H2,21,24);4-5,10-11H,6-9H2,1-3H3,(H,21,22). The van der Waals surface area contributed by atoms with Gasteiger partial charge in [-0.05, 0) is 81.4 Å². The van der Waals surface area contributed by atoms with Gasteiger partial charge in [0.2, 0.25) is 15.8 Å². The molecule has 2 saturated heterocycles. The quantitative estimate of drug-likeness (QED) is 0.220. The summed E-state index contributed by atoms with van der Waals surface area (Å²) in [5.41, 5.74) is 7.82. The van der Waals surface area contributed by atoms with Gasteiger partial charge in [-0.3, -0.25) is 4.79 Å². The number of hydrogen-bond donors (Lipinski definition) is 2. The van der Waals surface area contributed by atoms with Gasteiger partial charge in [0.1, 0.15) is 22.5 Å². The summed E-state index contributed by atoms with van der Waals surface area (Å²) in [6, 6.07) is 20.8. The van der Waals surface area contributed by atoms with Gasteiger partial charge in [0.05, 0.1) is 12.0 Å². The number of benzene rings is 3. The first kappa shape index (κ1) is 38.0. The van der Waals surface area contributed by atoms with E-state index >= 15 is 0 Å². The van der Waals surface area contributed by atoms with Crippen molar-refractivity contribution in [1.82, 2.24) is 9.21 Å². The molecule has 2 amide bonds. The number of carbonyl (C=O) groups excluding carboxylic acids is 2. The van der Waals surface area contributed by atoms with Gasteiger partial charge in [-0.1, -0.05) is 6.07 Å². The largest absolute Gasteiger partial charge is 0.497 e. The van der Waals surface area contributed by atoms with Crippen molar-refractivity contribution >= 4 is 61.3 Å². The highest BCUT2D eigenvalue weighted by Gasteiger charge is 2.30. The number of carboxylic acids is 1. The number of primary amides is 1. The van der Waals surface area contributed by atoms with E-state index in [-0.39, 0.29) is 22.5 Å². The van der Waals surface area contributed by atoms with Crippen molar-refractivity contribution in [2.45, 2.75) is 31.3 Å². The lowest BCUT2D eigenvalue weighted by Gasteiger charge is -2.36. The van der Waals surface area contributed by atoms with Crippen LogP contribution in [-0.4, -0.2) is 106 Å². The Hall–Kier alpha value is -5.74. The number of sulfonamides is 1. The number of anilines is 2. The third kappa shape index (κ3) is 8.55.